The molecule has 1 atom stereocenters. The van der Waals surface area contributed by atoms with E-state index in [9.17, 15) is 9.59 Å². The molecule has 5 nitrogen and oxygen atoms in total. The highest BCUT2D eigenvalue weighted by Gasteiger charge is 2.30. The van der Waals surface area contributed by atoms with Crippen molar-refractivity contribution in [1.82, 2.24) is 4.90 Å². The minimum absolute atomic E-state index is 0.0524. The van der Waals surface area contributed by atoms with Crippen LogP contribution in [0.5, 0.6) is 0 Å². The molecule has 0 fully saturated rings. The number of ether oxygens (including phenoxy) is 1. The molecule has 1 aliphatic rings. The zero-order valence-electron chi connectivity index (χ0n) is 13.5. The summed E-state index contributed by atoms with van der Waals surface area (Å²) in [7, 11) is 0. The van der Waals surface area contributed by atoms with E-state index in [4.69, 9.17) is 4.74 Å². The molecule has 0 saturated heterocycles. The quantitative estimate of drug-likeness (QED) is 0.843. The fourth-order valence-corrected chi connectivity index (χ4v) is 3.57. The molecular weight excluding hydrogens is 324 g/mol. The van der Waals surface area contributed by atoms with Crippen LogP contribution in [0.4, 0.5) is 5.69 Å². The van der Waals surface area contributed by atoms with Gasteiger partial charge in [0.25, 0.3) is 0 Å². The highest BCUT2D eigenvalue weighted by Crippen LogP contribution is 2.35. The fraction of sp³-hybridized carbons (Fsp3) is 0.333. The second kappa shape index (κ2) is 7.49. The van der Waals surface area contributed by atoms with Gasteiger partial charge in [-0.15, -0.1) is 11.3 Å². The van der Waals surface area contributed by atoms with E-state index in [1.54, 1.807) is 23.2 Å². The van der Waals surface area contributed by atoms with Gasteiger partial charge in [0, 0.05) is 17.0 Å². The molecule has 6 heteroatoms. The molecule has 3 rings (SSSR count). The third-order valence-corrected chi connectivity index (χ3v) is 4.87. The maximum absolute atomic E-state index is 12.7. The number of para-hydroxylation sites is 1. The summed E-state index contributed by atoms with van der Waals surface area (Å²) in [4.78, 5) is 27.1. The summed E-state index contributed by atoms with van der Waals surface area (Å²) >= 11 is 1.61. The average Bonchev–Trinajstić information content (AvgIpc) is 3.13. The molecule has 0 radical (unpaired) electrons. The summed E-state index contributed by atoms with van der Waals surface area (Å²) in [5, 5.41) is 5.44. The van der Waals surface area contributed by atoms with Crippen molar-refractivity contribution >= 4 is 28.9 Å². The van der Waals surface area contributed by atoms with E-state index in [0.29, 0.717) is 13.2 Å². The molecule has 1 aliphatic heterocycles. The van der Waals surface area contributed by atoms with Crippen molar-refractivity contribution < 1.29 is 14.3 Å². The van der Waals surface area contributed by atoms with Gasteiger partial charge in [-0.05, 0) is 30.0 Å². The zero-order valence-corrected chi connectivity index (χ0v) is 14.3. The van der Waals surface area contributed by atoms with Crippen molar-refractivity contribution in [1.29, 1.82) is 0 Å². The molecule has 0 aliphatic carbocycles. The van der Waals surface area contributed by atoms with Crippen LogP contribution in [0.3, 0.4) is 0 Å². The van der Waals surface area contributed by atoms with Gasteiger partial charge in [0.1, 0.15) is 6.17 Å². The molecule has 1 amide bonds. The molecule has 24 heavy (non-hydrogen) atoms. The largest absolute Gasteiger partial charge is 0.466 e. The lowest BCUT2D eigenvalue weighted by Crippen LogP contribution is -2.41. The maximum Gasteiger partial charge on any atom is 0.306 e. The number of rotatable bonds is 5. The van der Waals surface area contributed by atoms with Crippen LogP contribution < -0.4 is 5.32 Å². The Kier molecular flexibility index (Phi) is 5.15. The predicted molar refractivity (Wildman–Crippen MR) is 93.5 cm³/mol. The maximum atomic E-state index is 12.7. The summed E-state index contributed by atoms with van der Waals surface area (Å²) in [6.07, 6.45) is 0.0709. The van der Waals surface area contributed by atoms with Gasteiger partial charge in [0.15, 0.2) is 0 Å². The molecule has 0 saturated carbocycles. The van der Waals surface area contributed by atoms with Gasteiger partial charge in [-0.1, -0.05) is 24.3 Å². The van der Waals surface area contributed by atoms with Gasteiger partial charge in [0.05, 0.1) is 19.6 Å². The third kappa shape index (κ3) is 3.59. The molecule has 0 unspecified atom stereocenters. The summed E-state index contributed by atoms with van der Waals surface area (Å²) in [5.74, 6) is -0.382. The van der Waals surface area contributed by atoms with Crippen molar-refractivity contribution in [2.75, 3.05) is 11.9 Å². The Bertz CT molecular complexity index is 715. The number of esters is 1. The van der Waals surface area contributed by atoms with E-state index in [2.05, 4.69) is 5.32 Å². The summed E-state index contributed by atoms with van der Waals surface area (Å²) in [6.45, 7) is 2.63. The highest BCUT2D eigenvalue weighted by molar-refractivity contribution is 7.10. The van der Waals surface area contributed by atoms with E-state index < -0.39 is 0 Å². The van der Waals surface area contributed by atoms with Gasteiger partial charge >= 0.3 is 5.97 Å². The van der Waals surface area contributed by atoms with Gasteiger partial charge in [0.2, 0.25) is 5.91 Å². The molecular formula is C18H20N2O3S. The molecule has 0 bridgehead atoms. The number of nitrogens with zero attached hydrogens (tertiary/aromatic N) is 1. The van der Waals surface area contributed by atoms with Crippen molar-refractivity contribution in [3.63, 3.8) is 0 Å². The number of anilines is 1. The average molecular weight is 344 g/mol. The Hall–Kier alpha value is -2.34. The second-order valence-corrected chi connectivity index (χ2v) is 6.53. The summed E-state index contributed by atoms with van der Waals surface area (Å²) in [5.41, 5.74) is 2.13. The molecule has 1 aromatic heterocycles. The zero-order chi connectivity index (χ0) is 16.9. The topological polar surface area (TPSA) is 58.6 Å². The van der Waals surface area contributed by atoms with E-state index in [0.717, 1.165) is 16.1 Å². The number of amides is 1. The lowest BCUT2D eigenvalue weighted by molar-refractivity contribution is -0.146. The molecule has 1 N–H and O–H groups in total. The van der Waals surface area contributed by atoms with Crippen LogP contribution in [0.25, 0.3) is 0 Å². The first kappa shape index (κ1) is 16.5. The number of hydrogen-bond donors (Lipinski definition) is 1. The molecule has 126 valence electrons. The number of benzene rings is 1. The highest BCUT2D eigenvalue weighted by atomic mass is 32.1. The lowest BCUT2D eigenvalue weighted by Gasteiger charge is -2.37. The predicted octanol–water partition coefficient (Wildman–Crippen LogP) is 3.54. The summed E-state index contributed by atoms with van der Waals surface area (Å²) < 4.78 is 4.91. The molecule has 2 aromatic rings. The Balaban J connectivity index is 1.78. The van der Waals surface area contributed by atoms with Crippen LogP contribution in [0.1, 0.15) is 36.4 Å². The number of nitrogens with one attached hydrogen (secondary N) is 1. The molecule has 0 spiro atoms. The van der Waals surface area contributed by atoms with Crippen LogP contribution in [-0.2, 0) is 20.9 Å². The minimum Gasteiger partial charge on any atom is -0.466 e. The minimum atomic E-state index is -0.330. The van der Waals surface area contributed by atoms with Crippen LogP contribution >= 0.6 is 11.3 Å². The SMILES string of the molecule is CCOC(=O)CCC(=O)N1Cc2ccccc2N[C@H]1c1cccs1. The Labute approximate surface area is 145 Å². The number of thiophene rings is 1. The molecule has 2 heterocycles. The van der Waals surface area contributed by atoms with Crippen LogP contribution in [0.15, 0.2) is 41.8 Å². The monoisotopic (exact) mass is 344 g/mol. The van der Waals surface area contributed by atoms with Crippen molar-refractivity contribution in [2.45, 2.75) is 32.5 Å². The van der Waals surface area contributed by atoms with Gasteiger partial charge in [-0.3, -0.25) is 9.59 Å². The second-order valence-electron chi connectivity index (χ2n) is 5.55. The van der Waals surface area contributed by atoms with Crippen molar-refractivity contribution in [3.8, 4) is 0 Å². The molecule has 1 aromatic carbocycles. The number of carbonyl (C=O) groups is 2. The Morgan fingerprint density at radius 1 is 1.25 bits per heavy atom. The first-order valence-corrected chi connectivity index (χ1v) is 8.90. The van der Waals surface area contributed by atoms with Crippen molar-refractivity contribution in [2.24, 2.45) is 0 Å². The Morgan fingerprint density at radius 2 is 2.08 bits per heavy atom. The fourth-order valence-electron chi connectivity index (χ4n) is 2.79. The van der Waals surface area contributed by atoms with Crippen LogP contribution in [-0.4, -0.2) is 23.4 Å². The summed E-state index contributed by atoms with van der Waals surface area (Å²) in [6, 6.07) is 12.0. The third-order valence-electron chi connectivity index (χ3n) is 3.94. The Morgan fingerprint density at radius 3 is 2.83 bits per heavy atom. The number of fused-ring (bicyclic) bond motifs is 1. The van der Waals surface area contributed by atoms with E-state index >= 15 is 0 Å². The number of carbonyl (C=O) groups excluding carboxylic acids is 2. The number of hydrogen-bond acceptors (Lipinski definition) is 5. The van der Waals surface area contributed by atoms with Gasteiger partial charge in [-0.2, -0.15) is 0 Å². The van der Waals surface area contributed by atoms with E-state index in [-0.39, 0.29) is 30.9 Å². The van der Waals surface area contributed by atoms with Crippen molar-refractivity contribution in [3.05, 3.63) is 52.2 Å². The first-order chi connectivity index (χ1) is 11.7. The van der Waals surface area contributed by atoms with E-state index in [1.165, 1.54) is 0 Å². The van der Waals surface area contributed by atoms with E-state index in [1.807, 2.05) is 41.8 Å². The normalized spacial score (nSPS) is 16.2. The van der Waals surface area contributed by atoms with Gasteiger partial charge < -0.3 is 15.0 Å². The first-order valence-electron chi connectivity index (χ1n) is 8.02. The van der Waals surface area contributed by atoms with Gasteiger partial charge in [-0.25, -0.2) is 0 Å². The van der Waals surface area contributed by atoms with Crippen LogP contribution in [0.2, 0.25) is 0 Å². The lowest BCUT2D eigenvalue weighted by atomic mass is 10.1. The standard InChI is InChI=1S/C18H20N2O3S/c1-2-23-17(22)10-9-16(21)20-12-13-6-3-4-7-14(13)19-18(20)15-8-5-11-24-15/h3-8,11,18-19H,2,9-10,12H2,1H3/t18-/m1/s1. The van der Waals surface area contributed by atoms with Crippen LogP contribution in [0, 0.1) is 0 Å². The smallest absolute Gasteiger partial charge is 0.306 e.